The third kappa shape index (κ3) is 3.11. The van der Waals surface area contributed by atoms with Crippen LogP contribution in [-0.2, 0) is 4.79 Å². The number of nitrogens with zero attached hydrogens (tertiary/aromatic N) is 2. The lowest BCUT2D eigenvalue weighted by molar-refractivity contribution is -0.120. The van der Waals surface area contributed by atoms with Crippen LogP contribution in [0.3, 0.4) is 0 Å². The van der Waals surface area contributed by atoms with Gasteiger partial charge in [-0.05, 0) is 56.3 Å². The summed E-state index contributed by atoms with van der Waals surface area (Å²) in [7, 11) is 0. The average Bonchev–Trinajstić information content (AvgIpc) is 2.98. The number of amides is 1. The molecule has 0 saturated carbocycles. The molecule has 0 unspecified atom stereocenters. The number of rotatable bonds is 3. The van der Waals surface area contributed by atoms with E-state index in [1.807, 2.05) is 0 Å². The van der Waals surface area contributed by atoms with E-state index < -0.39 is 5.82 Å². The first kappa shape index (κ1) is 16.5. The van der Waals surface area contributed by atoms with Gasteiger partial charge in [0, 0.05) is 11.6 Å². The highest BCUT2D eigenvalue weighted by atomic mass is 19.1. The van der Waals surface area contributed by atoms with Crippen LogP contribution in [0.2, 0.25) is 0 Å². The molecule has 26 heavy (non-hydrogen) atoms. The van der Waals surface area contributed by atoms with Crippen LogP contribution < -0.4 is 16.3 Å². The molecule has 8 heteroatoms. The molecule has 1 fully saturated rings. The highest BCUT2D eigenvalue weighted by molar-refractivity contribution is 5.94. The van der Waals surface area contributed by atoms with E-state index in [-0.39, 0.29) is 17.5 Å². The summed E-state index contributed by atoms with van der Waals surface area (Å²) in [6, 6.07) is 7.88. The van der Waals surface area contributed by atoms with Crippen molar-refractivity contribution < 1.29 is 9.18 Å². The van der Waals surface area contributed by atoms with E-state index in [1.54, 1.807) is 18.2 Å². The van der Waals surface area contributed by atoms with Crippen molar-refractivity contribution in [3.63, 3.8) is 0 Å². The second kappa shape index (κ2) is 6.72. The molecule has 3 heterocycles. The van der Waals surface area contributed by atoms with Crippen LogP contribution >= 0.6 is 0 Å². The van der Waals surface area contributed by atoms with Crippen molar-refractivity contribution in [2.24, 2.45) is 5.92 Å². The topological polar surface area (TPSA) is 91.8 Å². The Kier molecular flexibility index (Phi) is 4.26. The van der Waals surface area contributed by atoms with Gasteiger partial charge < -0.3 is 15.6 Å². The van der Waals surface area contributed by atoms with Gasteiger partial charge >= 0.3 is 5.69 Å². The average molecular weight is 355 g/mol. The first-order valence-electron chi connectivity index (χ1n) is 8.50. The van der Waals surface area contributed by atoms with E-state index in [4.69, 9.17) is 0 Å². The molecule has 0 spiro atoms. The van der Waals surface area contributed by atoms with Gasteiger partial charge in [-0.15, -0.1) is 0 Å². The van der Waals surface area contributed by atoms with Crippen molar-refractivity contribution in [2.75, 3.05) is 18.4 Å². The van der Waals surface area contributed by atoms with Gasteiger partial charge in [-0.25, -0.2) is 18.7 Å². The van der Waals surface area contributed by atoms with Gasteiger partial charge in [0.15, 0.2) is 0 Å². The summed E-state index contributed by atoms with van der Waals surface area (Å²) in [6.45, 7) is 1.68. The molecule has 7 nitrogen and oxygen atoms in total. The van der Waals surface area contributed by atoms with Gasteiger partial charge in [0.1, 0.15) is 11.6 Å². The summed E-state index contributed by atoms with van der Waals surface area (Å²) in [4.78, 5) is 31.4. The number of benzene rings is 1. The molecule has 3 N–H and O–H groups in total. The number of hydrogen-bond donors (Lipinski definition) is 3. The maximum Gasteiger partial charge on any atom is 0.332 e. The number of hydrogen-bond acceptors (Lipinski definition) is 4. The van der Waals surface area contributed by atoms with Crippen LogP contribution in [0.5, 0.6) is 0 Å². The third-order valence-electron chi connectivity index (χ3n) is 4.60. The molecule has 4 rings (SSSR count). The molecule has 1 amide bonds. The van der Waals surface area contributed by atoms with E-state index in [0.717, 1.165) is 32.1 Å². The van der Waals surface area contributed by atoms with Crippen molar-refractivity contribution in [1.29, 1.82) is 0 Å². The zero-order valence-corrected chi connectivity index (χ0v) is 14.0. The fraction of sp³-hybridized carbons (Fsp3) is 0.278. The number of imidazole rings is 1. The number of aromatic nitrogens is 3. The molecule has 0 atom stereocenters. The van der Waals surface area contributed by atoms with E-state index in [2.05, 4.69) is 20.6 Å². The predicted octanol–water partition coefficient (Wildman–Crippen LogP) is 1.79. The number of aromatic amines is 1. The number of anilines is 1. The number of halogens is 1. The second-order valence-electron chi connectivity index (χ2n) is 6.35. The van der Waals surface area contributed by atoms with Gasteiger partial charge in [-0.2, -0.15) is 0 Å². The molecule has 0 bridgehead atoms. The Morgan fingerprint density at radius 3 is 2.77 bits per heavy atom. The van der Waals surface area contributed by atoms with Gasteiger partial charge in [0.2, 0.25) is 5.91 Å². The Balaban J connectivity index is 1.68. The molecule has 3 aromatic rings. The molecule has 2 aromatic heterocycles. The summed E-state index contributed by atoms with van der Waals surface area (Å²) < 4.78 is 14.5. The molecule has 0 aliphatic carbocycles. The Morgan fingerprint density at radius 2 is 2.04 bits per heavy atom. The van der Waals surface area contributed by atoms with Crippen molar-refractivity contribution in [2.45, 2.75) is 12.8 Å². The minimum absolute atomic E-state index is 0.0147. The highest BCUT2D eigenvalue weighted by Crippen LogP contribution is 2.21. The summed E-state index contributed by atoms with van der Waals surface area (Å²) in [5, 5.41) is 6.16. The molecule has 134 valence electrons. The van der Waals surface area contributed by atoms with Crippen LogP contribution in [0.1, 0.15) is 12.8 Å². The van der Waals surface area contributed by atoms with Crippen LogP contribution in [-0.4, -0.2) is 33.5 Å². The van der Waals surface area contributed by atoms with Crippen molar-refractivity contribution in [1.82, 2.24) is 19.9 Å². The maximum atomic E-state index is 13.1. The molecular weight excluding hydrogens is 337 g/mol. The van der Waals surface area contributed by atoms with Crippen molar-refractivity contribution in [3.8, 4) is 5.82 Å². The van der Waals surface area contributed by atoms with Crippen LogP contribution in [0.25, 0.3) is 16.9 Å². The summed E-state index contributed by atoms with van der Waals surface area (Å²) in [6.07, 6.45) is 2.67. The normalized spacial score (nSPS) is 15.3. The third-order valence-corrected chi connectivity index (χ3v) is 4.60. The largest absolute Gasteiger partial charge is 0.332 e. The molecule has 1 aliphatic rings. The fourth-order valence-corrected chi connectivity index (χ4v) is 3.24. The zero-order chi connectivity index (χ0) is 18.1. The van der Waals surface area contributed by atoms with Gasteiger partial charge in [-0.3, -0.25) is 4.79 Å². The summed E-state index contributed by atoms with van der Waals surface area (Å²) >= 11 is 0. The lowest BCUT2D eigenvalue weighted by Gasteiger charge is -2.21. The van der Waals surface area contributed by atoms with E-state index in [1.165, 1.54) is 16.7 Å². The molecule has 0 radical (unpaired) electrons. The van der Waals surface area contributed by atoms with Crippen molar-refractivity contribution >= 4 is 22.6 Å². The first-order valence-corrected chi connectivity index (χ1v) is 8.50. The summed E-state index contributed by atoms with van der Waals surface area (Å²) in [5.74, 6) is -0.199. The lowest BCUT2D eigenvalue weighted by atomic mass is 9.97. The zero-order valence-electron chi connectivity index (χ0n) is 14.0. The molecule has 1 aliphatic heterocycles. The summed E-state index contributed by atoms with van der Waals surface area (Å²) in [5.41, 5.74) is 1.41. The van der Waals surface area contributed by atoms with E-state index in [0.29, 0.717) is 22.5 Å². The Hall–Kier alpha value is -3.00. The number of fused-ring (bicyclic) bond motifs is 1. The number of carbonyl (C=O) groups is 1. The molecule has 1 aromatic carbocycles. The number of nitrogens with one attached hydrogen (secondary N) is 3. The smallest absolute Gasteiger partial charge is 0.326 e. The Bertz CT molecular complexity index is 1000. The number of H-pyrrole nitrogens is 1. The Morgan fingerprint density at radius 1 is 1.23 bits per heavy atom. The Labute approximate surface area is 148 Å². The van der Waals surface area contributed by atoms with Gasteiger partial charge in [0.05, 0.1) is 17.2 Å². The minimum atomic E-state index is -0.475. The molecule has 1 saturated heterocycles. The SMILES string of the molecule is O=C(Nc1ccc2[nH]c(=O)n(-c3ccc(F)cn3)c2c1)C1CCNCC1. The van der Waals surface area contributed by atoms with Crippen LogP contribution in [0, 0.1) is 11.7 Å². The van der Waals surface area contributed by atoms with Crippen LogP contribution in [0.15, 0.2) is 41.3 Å². The predicted molar refractivity (Wildman–Crippen MR) is 95.9 cm³/mol. The van der Waals surface area contributed by atoms with Crippen molar-refractivity contribution in [3.05, 3.63) is 52.8 Å². The standard InChI is InChI=1S/C18H18FN5O2/c19-12-1-4-16(21-10-12)24-15-9-13(2-3-14(15)23-18(24)26)22-17(25)11-5-7-20-8-6-11/h1-4,9-11,20H,5-8H2,(H,22,25)(H,23,26). The monoisotopic (exact) mass is 355 g/mol. The van der Waals surface area contributed by atoms with Gasteiger partial charge in [0.25, 0.3) is 0 Å². The molecular formula is C18H18FN5O2. The van der Waals surface area contributed by atoms with Crippen LogP contribution in [0.4, 0.5) is 10.1 Å². The maximum absolute atomic E-state index is 13.1. The minimum Gasteiger partial charge on any atom is -0.326 e. The number of carbonyl (C=O) groups excluding carboxylic acids is 1. The quantitative estimate of drug-likeness (QED) is 0.668. The van der Waals surface area contributed by atoms with E-state index in [9.17, 15) is 14.0 Å². The fourth-order valence-electron chi connectivity index (χ4n) is 3.24. The lowest BCUT2D eigenvalue weighted by Crippen LogP contribution is -2.34. The second-order valence-corrected chi connectivity index (χ2v) is 6.35. The number of pyridine rings is 1. The number of piperidine rings is 1. The van der Waals surface area contributed by atoms with Gasteiger partial charge in [-0.1, -0.05) is 0 Å². The first-order chi connectivity index (χ1) is 12.6. The van der Waals surface area contributed by atoms with E-state index >= 15 is 0 Å². The highest BCUT2D eigenvalue weighted by Gasteiger charge is 2.21.